The fraction of sp³-hybridized carbons (Fsp3) is 0.263. The summed E-state index contributed by atoms with van der Waals surface area (Å²) in [5, 5.41) is 3.15. The van der Waals surface area contributed by atoms with E-state index in [1.165, 1.54) is 40.7 Å². The Balaban J connectivity index is 2.06. The van der Waals surface area contributed by atoms with Crippen molar-refractivity contribution in [1.29, 1.82) is 0 Å². The van der Waals surface area contributed by atoms with E-state index < -0.39 is 28.5 Å². The molecule has 7 nitrogen and oxygen atoms in total. The van der Waals surface area contributed by atoms with Gasteiger partial charge in [0.15, 0.2) is 6.61 Å². The van der Waals surface area contributed by atoms with E-state index in [2.05, 4.69) is 5.32 Å². The lowest BCUT2D eigenvalue weighted by Crippen LogP contribution is -2.30. The first-order valence-electron chi connectivity index (χ1n) is 8.71. The summed E-state index contributed by atoms with van der Waals surface area (Å²) in [6.07, 6.45) is 0. The molecule has 156 valence electrons. The minimum absolute atomic E-state index is 0.0202. The highest BCUT2D eigenvalue weighted by molar-refractivity contribution is 7.89. The van der Waals surface area contributed by atoms with E-state index in [0.717, 1.165) is 0 Å². The molecule has 0 aliphatic rings. The highest BCUT2D eigenvalue weighted by Crippen LogP contribution is 2.25. The van der Waals surface area contributed by atoms with Crippen molar-refractivity contribution in [2.45, 2.75) is 18.7 Å². The smallest absolute Gasteiger partial charge is 0.338 e. The lowest BCUT2D eigenvalue weighted by atomic mass is 10.2. The van der Waals surface area contributed by atoms with Gasteiger partial charge in [-0.1, -0.05) is 43.1 Å². The van der Waals surface area contributed by atoms with Crippen molar-refractivity contribution in [3.05, 3.63) is 58.1 Å². The van der Waals surface area contributed by atoms with Gasteiger partial charge in [-0.15, -0.1) is 0 Å². The van der Waals surface area contributed by atoms with Crippen molar-refractivity contribution in [1.82, 2.24) is 4.31 Å². The molecule has 0 aliphatic carbocycles. The highest BCUT2D eigenvalue weighted by Gasteiger charge is 2.23. The monoisotopic (exact) mass is 458 g/mol. The molecule has 29 heavy (non-hydrogen) atoms. The van der Waals surface area contributed by atoms with Crippen LogP contribution in [-0.2, 0) is 19.6 Å². The van der Waals surface area contributed by atoms with Gasteiger partial charge in [-0.3, -0.25) is 4.79 Å². The van der Waals surface area contributed by atoms with Crippen molar-refractivity contribution in [2.75, 3.05) is 25.0 Å². The van der Waals surface area contributed by atoms with Gasteiger partial charge in [0.05, 0.1) is 21.2 Å². The second-order valence-corrected chi connectivity index (χ2v) is 8.65. The van der Waals surface area contributed by atoms with Gasteiger partial charge in [-0.25, -0.2) is 13.2 Å². The molecular formula is C19H20Cl2N2O5S. The van der Waals surface area contributed by atoms with Crippen molar-refractivity contribution < 1.29 is 22.7 Å². The Morgan fingerprint density at radius 3 is 2.41 bits per heavy atom. The van der Waals surface area contributed by atoms with E-state index in [1.807, 2.05) is 0 Å². The van der Waals surface area contributed by atoms with Crippen LogP contribution in [0.5, 0.6) is 0 Å². The third kappa shape index (κ3) is 5.93. The molecule has 0 radical (unpaired) electrons. The minimum atomic E-state index is -3.72. The number of carbonyl (C=O) groups is 2. The molecule has 0 unspecified atom stereocenters. The van der Waals surface area contributed by atoms with Crippen molar-refractivity contribution in [2.24, 2.45) is 0 Å². The largest absolute Gasteiger partial charge is 0.452 e. The van der Waals surface area contributed by atoms with Crippen LogP contribution in [0.3, 0.4) is 0 Å². The van der Waals surface area contributed by atoms with Crippen LogP contribution in [0.1, 0.15) is 24.2 Å². The third-order valence-electron chi connectivity index (χ3n) is 3.95. The number of sulfonamides is 1. The number of anilines is 1. The lowest BCUT2D eigenvalue weighted by molar-refractivity contribution is -0.119. The molecule has 0 heterocycles. The number of nitrogens with one attached hydrogen (secondary N) is 1. The molecule has 0 saturated heterocycles. The van der Waals surface area contributed by atoms with E-state index in [9.17, 15) is 18.0 Å². The number of hydrogen-bond donors (Lipinski definition) is 1. The molecular weight excluding hydrogens is 439 g/mol. The van der Waals surface area contributed by atoms with Crippen LogP contribution in [-0.4, -0.2) is 44.3 Å². The van der Waals surface area contributed by atoms with Gasteiger partial charge in [-0.2, -0.15) is 4.31 Å². The maximum absolute atomic E-state index is 12.6. The van der Waals surface area contributed by atoms with Gasteiger partial charge < -0.3 is 10.1 Å². The van der Waals surface area contributed by atoms with Gasteiger partial charge in [0.2, 0.25) is 10.0 Å². The molecule has 2 aromatic carbocycles. The van der Waals surface area contributed by atoms with Gasteiger partial charge in [0, 0.05) is 18.1 Å². The number of benzene rings is 2. The van der Waals surface area contributed by atoms with E-state index in [1.54, 1.807) is 19.9 Å². The molecule has 2 aromatic rings. The van der Waals surface area contributed by atoms with Gasteiger partial charge in [0.25, 0.3) is 5.91 Å². The van der Waals surface area contributed by atoms with Crippen LogP contribution < -0.4 is 5.32 Å². The average molecular weight is 459 g/mol. The minimum Gasteiger partial charge on any atom is -0.452 e. The summed E-state index contributed by atoms with van der Waals surface area (Å²) >= 11 is 11.8. The van der Waals surface area contributed by atoms with Crippen molar-refractivity contribution in [3.63, 3.8) is 0 Å². The number of nitrogens with zero attached hydrogens (tertiary/aromatic N) is 1. The highest BCUT2D eigenvalue weighted by atomic mass is 35.5. The third-order valence-corrected chi connectivity index (χ3v) is 6.56. The first-order chi connectivity index (χ1) is 13.7. The summed E-state index contributed by atoms with van der Waals surface area (Å²) in [5.41, 5.74) is 0.305. The molecule has 1 N–H and O–H groups in total. The normalized spacial score (nSPS) is 11.3. The topological polar surface area (TPSA) is 92.8 Å². The Bertz CT molecular complexity index is 1010. The first-order valence-corrected chi connectivity index (χ1v) is 10.9. The summed E-state index contributed by atoms with van der Waals surface area (Å²) in [4.78, 5) is 24.2. The maximum atomic E-state index is 12.6. The fourth-order valence-corrected chi connectivity index (χ4v) is 4.33. The van der Waals surface area contributed by atoms with Crippen LogP contribution >= 0.6 is 23.2 Å². The second-order valence-electron chi connectivity index (χ2n) is 5.87. The van der Waals surface area contributed by atoms with Gasteiger partial charge in [0.1, 0.15) is 0 Å². The SMILES string of the molecule is CCN(CC)S(=O)(=O)c1cccc(C(=O)OCC(=O)Nc2cc(Cl)ccc2Cl)c1. The number of esters is 1. The Kier molecular flexibility index (Phi) is 8.04. The first kappa shape index (κ1) is 23.2. The van der Waals surface area contributed by atoms with Gasteiger partial charge >= 0.3 is 5.97 Å². The number of carbonyl (C=O) groups excluding carboxylic acids is 2. The molecule has 0 saturated carbocycles. The van der Waals surface area contributed by atoms with E-state index in [4.69, 9.17) is 27.9 Å². The van der Waals surface area contributed by atoms with Crippen LogP contribution in [0.25, 0.3) is 0 Å². The van der Waals surface area contributed by atoms with E-state index in [-0.39, 0.29) is 21.2 Å². The summed E-state index contributed by atoms with van der Waals surface area (Å²) in [5.74, 6) is -1.44. The predicted molar refractivity (Wildman–Crippen MR) is 112 cm³/mol. The molecule has 0 fully saturated rings. The standard InChI is InChI=1S/C19H20Cl2N2O5S/c1-3-23(4-2)29(26,27)15-7-5-6-13(10-15)19(25)28-12-18(24)22-17-11-14(20)8-9-16(17)21/h5-11H,3-4,12H2,1-2H3,(H,22,24). The van der Waals surface area contributed by atoms with Crippen molar-refractivity contribution in [3.8, 4) is 0 Å². The van der Waals surface area contributed by atoms with Crippen LogP contribution in [0.4, 0.5) is 5.69 Å². The number of hydrogen-bond acceptors (Lipinski definition) is 5. The Hall–Kier alpha value is -2.13. The molecule has 0 atom stereocenters. The maximum Gasteiger partial charge on any atom is 0.338 e. The van der Waals surface area contributed by atoms with Crippen LogP contribution in [0.15, 0.2) is 47.4 Å². The number of halogens is 2. The Morgan fingerprint density at radius 1 is 1.07 bits per heavy atom. The van der Waals surface area contributed by atoms with Crippen molar-refractivity contribution >= 4 is 50.8 Å². The molecule has 1 amide bonds. The molecule has 0 spiro atoms. The quantitative estimate of drug-likeness (QED) is 0.606. The Labute approximate surface area is 179 Å². The zero-order valence-electron chi connectivity index (χ0n) is 15.8. The number of amides is 1. The summed E-state index contributed by atoms with van der Waals surface area (Å²) < 4.78 is 31.4. The zero-order valence-corrected chi connectivity index (χ0v) is 18.1. The van der Waals surface area contributed by atoms with Crippen LogP contribution in [0.2, 0.25) is 10.0 Å². The molecule has 10 heteroatoms. The summed E-state index contributed by atoms with van der Waals surface area (Å²) in [6, 6.07) is 10.0. The number of rotatable bonds is 8. The lowest BCUT2D eigenvalue weighted by Gasteiger charge is -2.18. The second kappa shape index (κ2) is 10.1. The molecule has 0 aliphatic heterocycles. The average Bonchev–Trinajstić information content (AvgIpc) is 2.69. The molecule has 0 bridgehead atoms. The zero-order chi connectivity index (χ0) is 21.6. The fourth-order valence-electron chi connectivity index (χ4n) is 2.49. The van der Waals surface area contributed by atoms with E-state index in [0.29, 0.717) is 18.1 Å². The van der Waals surface area contributed by atoms with Crippen LogP contribution in [0, 0.1) is 0 Å². The van der Waals surface area contributed by atoms with E-state index >= 15 is 0 Å². The predicted octanol–water partition coefficient (Wildman–Crippen LogP) is 3.82. The summed E-state index contributed by atoms with van der Waals surface area (Å²) in [6.45, 7) is 3.49. The molecule has 2 rings (SSSR count). The Morgan fingerprint density at radius 2 is 1.76 bits per heavy atom. The molecule has 0 aromatic heterocycles. The van der Waals surface area contributed by atoms with Gasteiger partial charge in [-0.05, 0) is 36.4 Å². The number of ether oxygens (including phenoxy) is 1. The summed E-state index contributed by atoms with van der Waals surface area (Å²) in [7, 11) is -3.72.